The molecule has 1 saturated heterocycles. The quantitative estimate of drug-likeness (QED) is 0.600. The van der Waals surface area contributed by atoms with E-state index in [1.807, 2.05) is 30.3 Å². The fraction of sp³-hybridized carbons (Fsp3) is 0.423. The van der Waals surface area contributed by atoms with Gasteiger partial charge in [-0.2, -0.15) is 4.31 Å². The van der Waals surface area contributed by atoms with Crippen LogP contribution in [-0.2, 0) is 16.6 Å². The van der Waals surface area contributed by atoms with E-state index in [1.54, 1.807) is 28.6 Å². The van der Waals surface area contributed by atoms with E-state index in [9.17, 15) is 13.2 Å². The van der Waals surface area contributed by atoms with Gasteiger partial charge in [0.25, 0.3) is 5.91 Å². The highest BCUT2D eigenvalue weighted by Crippen LogP contribution is 2.20. The van der Waals surface area contributed by atoms with Gasteiger partial charge in [-0.05, 0) is 61.9 Å². The third-order valence-electron chi connectivity index (χ3n) is 6.42. The summed E-state index contributed by atoms with van der Waals surface area (Å²) in [6.07, 6.45) is 8.11. The van der Waals surface area contributed by atoms with Gasteiger partial charge in [0, 0.05) is 44.8 Å². The number of piperazine rings is 1. The molecule has 1 aliphatic carbocycles. The van der Waals surface area contributed by atoms with Gasteiger partial charge in [0.2, 0.25) is 10.0 Å². The van der Waals surface area contributed by atoms with E-state index < -0.39 is 10.0 Å². The number of sulfonamides is 1. The number of hydrogen-bond donors (Lipinski definition) is 1. The van der Waals surface area contributed by atoms with E-state index in [0.717, 1.165) is 24.8 Å². The van der Waals surface area contributed by atoms with E-state index in [2.05, 4.69) is 16.3 Å². The fourth-order valence-electron chi connectivity index (χ4n) is 4.51. The molecule has 33 heavy (non-hydrogen) atoms. The van der Waals surface area contributed by atoms with Gasteiger partial charge in [-0.3, -0.25) is 9.69 Å². The molecule has 0 radical (unpaired) electrons. The van der Waals surface area contributed by atoms with Crippen LogP contribution in [-0.4, -0.2) is 56.3 Å². The largest absolute Gasteiger partial charge is 0.352 e. The normalized spacial score (nSPS) is 18.0. The maximum absolute atomic E-state index is 12.8. The van der Waals surface area contributed by atoms with Gasteiger partial charge in [-0.15, -0.1) is 0 Å². The first-order chi connectivity index (χ1) is 16.0. The Morgan fingerprint density at radius 3 is 2.45 bits per heavy atom. The summed E-state index contributed by atoms with van der Waals surface area (Å²) >= 11 is 0. The van der Waals surface area contributed by atoms with Crippen molar-refractivity contribution in [3.05, 3.63) is 77.4 Å². The lowest BCUT2D eigenvalue weighted by molar-refractivity contribution is 0.0953. The smallest absolute Gasteiger partial charge is 0.251 e. The van der Waals surface area contributed by atoms with Crippen molar-refractivity contribution in [3.8, 4) is 0 Å². The molecule has 1 amide bonds. The Kier molecular flexibility index (Phi) is 7.96. The Hall–Kier alpha value is -2.48. The predicted octanol–water partition coefficient (Wildman–Crippen LogP) is 3.81. The molecule has 0 unspecified atom stereocenters. The molecule has 2 aromatic rings. The summed E-state index contributed by atoms with van der Waals surface area (Å²) in [6, 6.07) is 16.3. The molecule has 0 saturated carbocycles. The second-order valence-corrected chi connectivity index (χ2v) is 10.7. The minimum absolute atomic E-state index is 0.0352. The molecule has 0 bridgehead atoms. The highest BCUT2D eigenvalue weighted by Gasteiger charge is 2.28. The summed E-state index contributed by atoms with van der Waals surface area (Å²) in [5, 5.41) is 3.05. The lowest BCUT2D eigenvalue weighted by atomic mass is 9.97. The van der Waals surface area contributed by atoms with Crippen molar-refractivity contribution in [3.63, 3.8) is 0 Å². The van der Waals surface area contributed by atoms with Crippen LogP contribution in [0.25, 0.3) is 0 Å². The molecule has 6 nitrogen and oxygen atoms in total. The molecule has 0 aromatic heterocycles. The third kappa shape index (κ3) is 6.31. The van der Waals surface area contributed by atoms with E-state index in [1.165, 1.54) is 18.4 Å². The van der Waals surface area contributed by atoms with Crippen molar-refractivity contribution in [2.45, 2.75) is 43.5 Å². The second-order valence-electron chi connectivity index (χ2n) is 8.81. The summed E-state index contributed by atoms with van der Waals surface area (Å²) in [4.78, 5) is 15.2. The predicted molar refractivity (Wildman–Crippen MR) is 130 cm³/mol. The summed E-state index contributed by atoms with van der Waals surface area (Å²) in [6.45, 7) is 3.63. The van der Waals surface area contributed by atoms with Gasteiger partial charge in [-0.25, -0.2) is 8.42 Å². The van der Waals surface area contributed by atoms with Crippen molar-refractivity contribution >= 4 is 15.9 Å². The topological polar surface area (TPSA) is 69.7 Å². The summed E-state index contributed by atoms with van der Waals surface area (Å²) < 4.78 is 27.2. The van der Waals surface area contributed by atoms with Gasteiger partial charge in [-0.1, -0.05) is 42.0 Å². The Bertz CT molecular complexity index is 1070. The number of carbonyl (C=O) groups excluding carboxylic acids is 1. The minimum atomic E-state index is -3.44. The number of benzene rings is 2. The van der Waals surface area contributed by atoms with Gasteiger partial charge in [0.15, 0.2) is 0 Å². The van der Waals surface area contributed by atoms with Crippen molar-refractivity contribution in [2.75, 3.05) is 32.7 Å². The summed E-state index contributed by atoms with van der Waals surface area (Å²) in [5.41, 5.74) is 3.20. The molecule has 1 N–H and O–H groups in total. The van der Waals surface area contributed by atoms with E-state index in [-0.39, 0.29) is 5.91 Å². The van der Waals surface area contributed by atoms with Crippen LogP contribution in [0, 0.1) is 0 Å². The molecule has 2 aromatic carbocycles. The highest BCUT2D eigenvalue weighted by atomic mass is 32.2. The maximum Gasteiger partial charge on any atom is 0.251 e. The number of allylic oxidation sites excluding steroid dienone is 1. The fourth-order valence-corrected chi connectivity index (χ4v) is 5.95. The average Bonchev–Trinajstić information content (AvgIpc) is 2.86. The highest BCUT2D eigenvalue weighted by molar-refractivity contribution is 7.89. The Labute approximate surface area is 197 Å². The first-order valence-electron chi connectivity index (χ1n) is 11.8. The van der Waals surface area contributed by atoms with Gasteiger partial charge >= 0.3 is 0 Å². The molecule has 1 aliphatic heterocycles. The zero-order valence-corrected chi connectivity index (χ0v) is 19.9. The number of amides is 1. The first-order valence-corrected chi connectivity index (χ1v) is 13.3. The van der Waals surface area contributed by atoms with Gasteiger partial charge < -0.3 is 5.32 Å². The van der Waals surface area contributed by atoms with Crippen LogP contribution in [0.4, 0.5) is 0 Å². The Balaban J connectivity index is 1.27. The number of nitrogens with one attached hydrogen (secondary N) is 1. The van der Waals surface area contributed by atoms with Crippen LogP contribution in [0.2, 0.25) is 0 Å². The summed E-state index contributed by atoms with van der Waals surface area (Å²) in [5.74, 6) is -0.0352. The number of hydrogen-bond acceptors (Lipinski definition) is 4. The van der Waals surface area contributed by atoms with Crippen molar-refractivity contribution in [1.82, 2.24) is 14.5 Å². The van der Waals surface area contributed by atoms with E-state index in [4.69, 9.17) is 0 Å². The van der Waals surface area contributed by atoms with Crippen LogP contribution in [0.15, 0.2) is 71.1 Å². The molecule has 0 atom stereocenters. The number of nitrogens with zero attached hydrogens (tertiary/aromatic N) is 2. The molecule has 176 valence electrons. The molecular weight excluding hydrogens is 434 g/mol. The number of rotatable bonds is 8. The zero-order chi connectivity index (χ0) is 23.1. The molecule has 1 fully saturated rings. The molecule has 7 heteroatoms. The molecule has 4 rings (SSSR count). The van der Waals surface area contributed by atoms with Crippen LogP contribution in [0.5, 0.6) is 0 Å². The van der Waals surface area contributed by atoms with Crippen molar-refractivity contribution in [2.24, 2.45) is 0 Å². The maximum atomic E-state index is 12.8. The van der Waals surface area contributed by atoms with Crippen LogP contribution in [0.1, 0.15) is 48.0 Å². The van der Waals surface area contributed by atoms with Crippen LogP contribution < -0.4 is 5.32 Å². The molecule has 0 spiro atoms. The third-order valence-corrected chi connectivity index (χ3v) is 8.34. The minimum Gasteiger partial charge on any atom is -0.352 e. The van der Waals surface area contributed by atoms with E-state index >= 15 is 0 Å². The van der Waals surface area contributed by atoms with E-state index in [0.29, 0.717) is 49.7 Å². The van der Waals surface area contributed by atoms with Crippen molar-refractivity contribution in [1.29, 1.82) is 0 Å². The SMILES string of the molecule is O=C(NCCC1=CCCCC1)c1cccc(CN2CCN(S(=O)(=O)c3ccccc3)CC2)c1. The lowest BCUT2D eigenvalue weighted by Gasteiger charge is -2.34. The van der Waals surface area contributed by atoms with Gasteiger partial charge in [0.05, 0.1) is 4.90 Å². The standard InChI is InChI=1S/C26H33N3O3S/c30-26(27-15-14-22-8-3-1-4-9-22)24-11-7-10-23(20-24)21-28-16-18-29(19-17-28)33(31,32)25-12-5-2-6-13-25/h2,5-8,10-13,20H,1,3-4,9,14-19,21H2,(H,27,30). The van der Waals surface area contributed by atoms with Gasteiger partial charge in [0.1, 0.15) is 0 Å². The molecule has 2 aliphatic rings. The molecular formula is C26H33N3O3S. The second kappa shape index (κ2) is 11.1. The molecule has 1 heterocycles. The Morgan fingerprint density at radius 1 is 0.939 bits per heavy atom. The monoisotopic (exact) mass is 467 g/mol. The summed E-state index contributed by atoms with van der Waals surface area (Å²) in [7, 11) is -3.44. The van der Waals surface area contributed by atoms with Crippen LogP contribution >= 0.6 is 0 Å². The van der Waals surface area contributed by atoms with Crippen molar-refractivity contribution < 1.29 is 13.2 Å². The first kappa shape index (κ1) is 23.7. The average molecular weight is 468 g/mol. The Morgan fingerprint density at radius 2 is 1.73 bits per heavy atom. The zero-order valence-electron chi connectivity index (χ0n) is 19.1. The number of carbonyl (C=O) groups is 1. The lowest BCUT2D eigenvalue weighted by Crippen LogP contribution is -2.48. The van der Waals surface area contributed by atoms with Crippen LogP contribution in [0.3, 0.4) is 0 Å².